The fraction of sp³-hybridized carbons (Fsp3) is 0.484. The van der Waals surface area contributed by atoms with Crippen LogP contribution in [0.5, 0.6) is 5.75 Å². The summed E-state index contributed by atoms with van der Waals surface area (Å²) in [7, 11) is 0. The molecule has 6 heteroatoms. The van der Waals surface area contributed by atoms with Crippen molar-refractivity contribution in [2.45, 2.75) is 90.1 Å². The monoisotopic (exact) mass is 518 g/mol. The number of ether oxygens (including phenoxy) is 1. The smallest absolute Gasteiger partial charge is 0.387 e. The Kier molecular flexibility index (Phi) is 9.44. The molecule has 0 aliphatic heterocycles. The van der Waals surface area contributed by atoms with E-state index in [-0.39, 0.29) is 24.2 Å². The van der Waals surface area contributed by atoms with Gasteiger partial charge in [-0.05, 0) is 84.6 Å². The van der Waals surface area contributed by atoms with Crippen LogP contribution in [-0.4, -0.2) is 6.61 Å². The van der Waals surface area contributed by atoms with Crippen LogP contribution in [0.2, 0.25) is 0 Å². The lowest BCUT2D eigenvalue weighted by Gasteiger charge is -2.29. The summed E-state index contributed by atoms with van der Waals surface area (Å²) in [4.78, 5) is 0. The summed E-state index contributed by atoms with van der Waals surface area (Å²) < 4.78 is 71.9. The van der Waals surface area contributed by atoms with E-state index in [4.69, 9.17) is 0 Å². The van der Waals surface area contributed by atoms with Gasteiger partial charge in [-0.15, -0.1) is 0 Å². The fourth-order valence-electron chi connectivity index (χ4n) is 5.68. The third kappa shape index (κ3) is 7.03. The minimum Gasteiger partial charge on any atom is -0.429 e. The summed E-state index contributed by atoms with van der Waals surface area (Å²) in [5.41, 5.74) is 1.95. The van der Waals surface area contributed by atoms with Crippen LogP contribution in [0, 0.1) is 23.4 Å². The molecule has 0 N–H and O–H groups in total. The average Bonchev–Trinajstić information content (AvgIpc) is 2.88. The molecule has 0 bridgehead atoms. The summed E-state index contributed by atoms with van der Waals surface area (Å²) in [6.07, 6.45) is 11.9. The second-order valence-electron chi connectivity index (χ2n) is 10.4. The lowest BCUT2D eigenvalue weighted by molar-refractivity contribution is -0.0546. The van der Waals surface area contributed by atoms with Crippen LogP contribution >= 0.6 is 0 Å². The van der Waals surface area contributed by atoms with Gasteiger partial charge in [-0.3, -0.25) is 0 Å². The van der Waals surface area contributed by atoms with Crippen LogP contribution in [-0.2, 0) is 12.8 Å². The highest BCUT2D eigenvalue weighted by molar-refractivity contribution is 5.84. The first-order valence-corrected chi connectivity index (χ1v) is 13.5. The van der Waals surface area contributed by atoms with Crippen molar-refractivity contribution in [2.75, 3.05) is 0 Å². The quantitative estimate of drug-likeness (QED) is 0.181. The Morgan fingerprint density at radius 2 is 1.57 bits per heavy atom. The van der Waals surface area contributed by atoms with E-state index >= 15 is 4.39 Å². The summed E-state index contributed by atoms with van der Waals surface area (Å²) in [6.45, 7) is -1.08. The van der Waals surface area contributed by atoms with Gasteiger partial charge in [-0.2, -0.15) is 8.78 Å². The minimum atomic E-state index is -3.32. The van der Waals surface area contributed by atoms with E-state index in [0.29, 0.717) is 16.9 Å². The van der Waals surface area contributed by atoms with E-state index in [2.05, 4.69) is 17.7 Å². The van der Waals surface area contributed by atoms with Gasteiger partial charge >= 0.3 is 6.61 Å². The predicted molar refractivity (Wildman–Crippen MR) is 138 cm³/mol. The van der Waals surface area contributed by atoms with E-state index in [1.165, 1.54) is 63.4 Å². The molecule has 0 atom stereocenters. The van der Waals surface area contributed by atoms with E-state index in [0.717, 1.165) is 23.4 Å². The Hall–Kier alpha value is -2.63. The first kappa shape index (κ1) is 27.4. The zero-order valence-corrected chi connectivity index (χ0v) is 21.3. The molecule has 1 nitrogen and oxygen atoms in total. The van der Waals surface area contributed by atoms with E-state index < -0.39 is 24.0 Å². The number of hydrogen-bond acceptors (Lipinski definition) is 1. The molecule has 200 valence electrons. The molecule has 1 aliphatic rings. The number of fused-ring (bicyclic) bond motifs is 1. The van der Waals surface area contributed by atoms with Gasteiger partial charge in [0.2, 0.25) is 0 Å². The third-order valence-electron chi connectivity index (χ3n) is 7.79. The van der Waals surface area contributed by atoms with Gasteiger partial charge in [-0.1, -0.05) is 69.4 Å². The number of alkyl halides is 2. The maximum Gasteiger partial charge on any atom is 0.387 e. The first-order valence-electron chi connectivity index (χ1n) is 13.5. The highest BCUT2D eigenvalue weighted by Crippen LogP contribution is 2.39. The Morgan fingerprint density at radius 1 is 0.838 bits per heavy atom. The molecule has 3 aromatic rings. The van der Waals surface area contributed by atoms with Crippen LogP contribution in [0.3, 0.4) is 0 Å². The largest absolute Gasteiger partial charge is 0.429 e. The second kappa shape index (κ2) is 12.7. The normalized spacial score (nSPS) is 18.0. The molecular weight excluding hydrogens is 483 g/mol. The van der Waals surface area contributed by atoms with Gasteiger partial charge < -0.3 is 4.74 Å². The number of unbranched alkanes of at least 4 members (excludes halogenated alkanes) is 3. The third-order valence-corrected chi connectivity index (χ3v) is 7.79. The maximum atomic E-state index is 15.3. The zero-order chi connectivity index (χ0) is 26.4. The van der Waals surface area contributed by atoms with Crippen molar-refractivity contribution < 1.29 is 26.7 Å². The van der Waals surface area contributed by atoms with E-state index in [1.54, 1.807) is 6.07 Å². The van der Waals surface area contributed by atoms with Crippen LogP contribution in [0.15, 0.2) is 42.5 Å². The lowest BCUT2D eigenvalue weighted by Crippen LogP contribution is -2.13. The predicted octanol–water partition coefficient (Wildman–Crippen LogP) is 9.89. The summed E-state index contributed by atoms with van der Waals surface area (Å²) in [5, 5.41) is 1.38. The number of hydrogen-bond donors (Lipinski definition) is 0. The molecule has 4 rings (SSSR count). The molecule has 1 saturated carbocycles. The highest BCUT2D eigenvalue weighted by Gasteiger charge is 2.23. The van der Waals surface area contributed by atoms with Crippen LogP contribution < -0.4 is 4.74 Å². The molecule has 0 aromatic heterocycles. The zero-order valence-electron chi connectivity index (χ0n) is 21.3. The van der Waals surface area contributed by atoms with Crippen molar-refractivity contribution in [3.8, 4) is 5.75 Å². The maximum absolute atomic E-state index is 15.3. The van der Waals surface area contributed by atoms with Gasteiger partial charge in [0.05, 0.1) is 0 Å². The molecule has 0 radical (unpaired) electrons. The second-order valence-corrected chi connectivity index (χ2v) is 10.4. The topological polar surface area (TPSA) is 9.23 Å². The molecule has 1 aliphatic carbocycles. The van der Waals surface area contributed by atoms with Crippen molar-refractivity contribution in [3.05, 3.63) is 76.6 Å². The highest BCUT2D eigenvalue weighted by atomic mass is 19.3. The first-order chi connectivity index (χ1) is 17.9. The lowest BCUT2D eigenvalue weighted by atomic mass is 9.76. The number of rotatable bonds is 11. The van der Waals surface area contributed by atoms with Crippen molar-refractivity contribution in [3.63, 3.8) is 0 Å². The molecule has 37 heavy (non-hydrogen) atoms. The Morgan fingerprint density at radius 3 is 2.24 bits per heavy atom. The molecule has 0 spiro atoms. The number of halogens is 5. The Labute approximate surface area is 216 Å². The molecule has 1 fully saturated rings. The molecule has 3 aromatic carbocycles. The van der Waals surface area contributed by atoms with Crippen molar-refractivity contribution in [1.29, 1.82) is 0 Å². The van der Waals surface area contributed by atoms with Gasteiger partial charge in [0.1, 0.15) is 5.82 Å². The molecule has 0 saturated heterocycles. The Bertz CT molecular complexity index is 1160. The number of aryl methyl sites for hydroxylation is 2. The van der Waals surface area contributed by atoms with Gasteiger partial charge in [0.25, 0.3) is 0 Å². The van der Waals surface area contributed by atoms with Gasteiger partial charge in [-0.25, -0.2) is 13.2 Å². The van der Waals surface area contributed by atoms with Crippen LogP contribution in [0.4, 0.5) is 22.0 Å². The van der Waals surface area contributed by atoms with Crippen molar-refractivity contribution in [2.24, 2.45) is 5.92 Å². The van der Waals surface area contributed by atoms with Gasteiger partial charge in [0.15, 0.2) is 17.4 Å². The van der Waals surface area contributed by atoms with Crippen molar-refractivity contribution in [1.82, 2.24) is 0 Å². The SMILES string of the molecule is CCCCCCC1CCC(c2ccc3c(F)c(CCc4cc(F)c(OC(F)F)c(F)c4)ccc3c2)CC1. The molecule has 0 heterocycles. The fourth-order valence-corrected chi connectivity index (χ4v) is 5.68. The van der Waals surface area contributed by atoms with Crippen LogP contribution in [0.25, 0.3) is 10.8 Å². The summed E-state index contributed by atoms with van der Waals surface area (Å²) >= 11 is 0. The summed E-state index contributed by atoms with van der Waals surface area (Å²) in [5.74, 6) is -2.49. The molecule has 0 amide bonds. The average molecular weight is 519 g/mol. The van der Waals surface area contributed by atoms with Gasteiger partial charge in [0, 0.05) is 5.39 Å². The minimum absolute atomic E-state index is 0.158. The van der Waals surface area contributed by atoms with E-state index in [1.807, 2.05) is 18.2 Å². The van der Waals surface area contributed by atoms with Crippen molar-refractivity contribution >= 4 is 10.8 Å². The Balaban J connectivity index is 1.38. The summed E-state index contributed by atoms with van der Waals surface area (Å²) in [6, 6.07) is 11.5. The standard InChI is InChI=1S/C31H35F5O/c1-2-3-4-5-6-20-7-10-22(11-8-20)24-15-16-26-25(19-24)14-13-23(29(26)34)12-9-21-17-27(32)30(28(33)18-21)37-31(35)36/h13-20,22,31H,2-12H2,1H3. The van der Waals surface area contributed by atoms with E-state index in [9.17, 15) is 17.6 Å². The number of benzene rings is 3. The van der Waals surface area contributed by atoms with Crippen LogP contribution in [0.1, 0.15) is 87.3 Å². The molecular formula is C31H35F5O. The molecule has 0 unspecified atom stereocenters.